The van der Waals surface area contributed by atoms with E-state index >= 15 is 0 Å². The molecule has 0 aliphatic carbocycles. The van der Waals surface area contributed by atoms with Crippen molar-refractivity contribution in [2.24, 2.45) is 0 Å². The monoisotopic (exact) mass is 450 g/mol. The Morgan fingerprint density at radius 2 is 1.41 bits per heavy atom. The van der Waals surface area contributed by atoms with Gasteiger partial charge in [-0.25, -0.2) is 4.79 Å². The summed E-state index contributed by atoms with van der Waals surface area (Å²) in [5.41, 5.74) is 1.23. The summed E-state index contributed by atoms with van der Waals surface area (Å²) < 4.78 is 5.11. The van der Waals surface area contributed by atoms with Crippen molar-refractivity contribution in [3.63, 3.8) is 0 Å². The molecule has 0 saturated carbocycles. The quantitative estimate of drug-likeness (QED) is 0.427. The average molecular weight is 451 g/mol. The zero-order valence-corrected chi connectivity index (χ0v) is 18.3. The van der Waals surface area contributed by atoms with Crippen molar-refractivity contribution in [3.05, 3.63) is 83.9 Å². The van der Waals surface area contributed by atoms with Gasteiger partial charge in [0.25, 0.3) is 5.91 Å². The molecule has 0 aliphatic heterocycles. The SMILES string of the molecule is COc1ccc(NC(=O)C(C)Sc2ccc(NC(=O)c3ccccc3C(=O)O)cc2)cc1. The standard InChI is InChI=1S/C24H22N2O5S/c1-15(22(27)25-16-7-11-18(31-2)12-8-16)32-19-13-9-17(10-14-19)26-23(28)20-5-3-4-6-21(20)24(29)30/h3-15H,1-2H3,(H,25,27)(H,26,28)(H,29,30). The fourth-order valence-electron chi connectivity index (χ4n) is 2.86. The maximum Gasteiger partial charge on any atom is 0.336 e. The molecular formula is C24H22N2O5S. The zero-order valence-electron chi connectivity index (χ0n) is 17.5. The smallest absolute Gasteiger partial charge is 0.336 e. The van der Waals surface area contributed by atoms with Crippen molar-refractivity contribution in [1.29, 1.82) is 0 Å². The second-order valence-corrected chi connectivity index (χ2v) is 8.22. The maximum atomic E-state index is 12.5. The molecule has 0 heterocycles. The molecule has 32 heavy (non-hydrogen) atoms. The molecule has 3 aromatic carbocycles. The molecule has 0 fully saturated rings. The number of carboxylic acid groups (broad SMARTS) is 1. The number of carbonyl (C=O) groups excluding carboxylic acids is 2. The number of carboxylic acids is 1. The van der Waals surface area contributed by atoms with E-state index in [1.54, 1.807) is 67.8 Å². The van der Waals surface area contributed by atoms with Crippen molar-refractivity contribution in [1.82, 2.24) is 0 Å². The summed E-state index contributed by atoms with van der Waals surface area (Å²) in [6.07, 6.45) is 0. The minimum atomic E-state index is -1.16. The van der Waals surface area contributed by atoms with E-state index in [9.17, 15) is 19.5 Å². The fraction of sp³-hybridized carbons (Fsp3) is 0.125. The van der Waals surface area contributed by atoms with Crippen LogP contribution in [0.2, 0.25) is 0 Å². The van der Waals surface area contributed by atoms with Crippen LogP contribution >= 0.6 is 11.8 Å². The Hall–Kier alpha value is -3.78. The fourth-order valence-corrected chi connectivity index (χ4v) is 3.73. The Bertz CT molecular complexity index is 1110. The highest BCUT2D eigenvalue weighted by Crippen LogP contribution is 2.26. The molecule has 7 nitrogen and oxygen atoms in total. The largest absolute Gasteiger partial charge is 0.497 e. The first kappa shape index (κ1) is 22.9. The second kappa shape index (κ2) is 10.5. The highest BCUT2D eigenvalue weighted by molar-refractivity contribution is 8.00. The number of rotatable bonds is 8. The van der Waals surface area contributed by atoms with Crippen LogP contribution in [0.25, 0.3) is 0 Å². The molecule has 164 valence electrons. The predicted octanol–water partition coefficient (Wildman–Crippen LogP) is 4.77. The molecule has 0 saturated heterocycles. The molecule has 8 heteroatoms. The Morgan fingerprint density at radius 3 is 2.00 bits per heavy atom. The van der Waals surface area contributed by atoms with Crippen LogP contribution in [0.4, 0.5) is 11.4 Å². The predicted molar refractivity (Wildman–Crippen MR) is 125 cm³/mol. The lowest BCUT2D eigenvalue weighted by molar-refractivity contribution is -0.115. The number of hydrogen-bond donors (Lipinski definition) is 3. The first-order chi connectivity index (χ1) is 15.4. The van der Waals surface area contributed by atoms with Gasteiger partial charge in [-0.05, 0) is 67.6 Å². The zero-order chi connectivity index (χ0) is 23.1. The maximum absolute atomic E-state index is 12.5. The summed E-state index contributed by atoms with van der Waals surface area (Å²) in [4.78, 5) is 37.1. The minimum absolute atomic E-state index is 0.0612. The molecule has 1 unspecified atom stereocenters. The van der Waals surface area contributed by atoms with Gasteiger partial charge in [0.2, 0.25) is 5.91 Å². The van der Waals surface area contributed by atoms with Crippen molar-refractivity contribution in [2.75, 3.05) is 17.7 Å². The van der Waals surface area contributed by atoms with Gasteiger partial charge in [0.15, 0.2) is 0 Å². The number of ether oxygens (including phenoxy) is 1. The van der Waals surface area contributed by atoms with E-state index in [1.807, 2.05) is 6.92 Å². The van der Waals surface area contributed by atoms with E-state index < -0.39 is 11.9 Å². The van der Waals surface area contributed by atoms with Crippen molar-refractivity contribution >= 4 is 40.9 Å². The van der Waals surface area contributed by atoms with Gasteiger partial charge < -0.3 is 20.5 Å². The molecule has 0 aliphatic rings. The molecule has 3 rings (SSSR count). The van der Waals surface area contributed by atoms with Crippen molar-refractivity contribution in [3.8, 4) is 5.75 Å². The van der Waals surface area contributed by atoms with Crippen LogP contribution in [0.1, 0.15) is 27.6 Å². The van der Waals surface area contributed by atoms with E-state index in [0.29, 0.717) is 17.1 Å². The molecule has 3 aromatic rings. The van der Waals surface area contributed by atoms with E-state index in [0.717, 1.165) is 4.90 Å². The van der Waals surface area contributed by atoms with Crippen LogP contribution in [0, 0.1) is 0 Å². The third kappa shape index (κ3) is 5.89. The van der Waals surface area contributed by atoms with Crippen LogP contribution in [-0.2, 0) is 4.79 Å². The van der Waals surface area contributed by atoms with E-state index in [-0.39, 0.29) is 22.3 Å². The number of thioether (sulfide) groups is 1. The number of nitrogens with one attached hydrogen (secondary N) is 2. The van der Waals surface area contributed by atoms with E-state index in [2.05, 4.69) is 10.6 Å². The van der Waals surface area contributed by atoms with Gasteiger partial charge in [0.05, 0.1) is 23.5 Å². The van der Waals surface area contributed by atoms with E-state index in [1.165, 1.54) is 23.9 Å². The number of anilines is 2. The number of amides is 2. The van der Waals surface area contributed by atoms with Crippen LogP contribution < -0.4 is 15.4 Å². The summed E-state index contributed by atoms with van der Waals surface area (Å²) in [6, 6.07) is 20.1. The van der Waals surface area contributed by atoms with Gasteiger partial charge >= 0.3 is 5.97 Å². The van der Waals surface area contributed by atoms with Gasteiger partial charge in [0, 0.05) is 16.3 Å². The molecule has 0 aromatic heterocycles. The van der Waals surface area contributed by atoms with Crippen molar-refractivity contribution in [2.45, 2.75) is 17.1 Å². The minimum Gasteiger partial charge on any atom is -0.497 e. The van der Waals surface area contributed by atoms with Gasteiger partial charge in [-0.3, -0.25) is 9.59 Å². The Labute approximate surface area is 189 Å². The molecule has 0 spiro atoms. The summed E-state index contributed by atoms with van der Waals surface area (Å²) in [5, 5.41) is 14.5. The Morgan fingerprint density at radius 1 is 0.844 bits per heavy atom. The van der Waals surface area contributed by atoms with Crippen LogP contribution in [-0.4, -0.2) is 35.2 Å². The topological polar surface area (TPSA) is 105 Å². The lowest BCUT2D eigenvalue weighted by atomic mass is 10.1. The Balaban J connectivity index is 1.58. The molecule has 2 amide bonds. The van der Waals surface area contributed by atoms with Crippen molar-refractivity contribution < 1.29 is 24.2 Å². The molecular weight excluding hydrogens is 428 g/mol. The lowest BCUT2D eigenvalue weighted by Crippen LogP contribution is -2.22. The summed E-state index contributed by atoms with van der Waals surface area (Å²) in [5.74, 6) is -1.09. The summed E-state index contributed by atoms with van der Waals surface area (Å²) in [6.45, 7) is 1.81. The second-order valence-electron chi connectivity index (χ2n) is 6.81. The number of aromatic carboxylic acids is 1. The third-order valence-corrected chi connectivity index (χ3v) is 5.67. The third-order valence-electron chi connectivity index (χ3n) is 4.55. The first-order valence-corrected chi connectivity index (χ1v) is 10.6. The van der Waals surface area contributed by atoms with Gasteiger partial charge in [-0.1, -0.05) is 12.1 Å². The van der Waals surface area contributed by atoms with Crippen LogP contribution in [0.5, 0.6) is 5.75 Å². The summed E-state index contributed by atoms with van der Waals surface area (Å²) in [7, 11) is 1.58. The number of hydrogen-bond acceptors (Lipinski definition) is 5. The number of benzene rings is 3. The molecule has 0 radical (unpaired) electrons. The van der Waals surface area contributed by atoms with Gasteiger partial charge in [-0.2, -0.15) is 0 Å². The molecule has 3 N–H and O–H groups in total. The molecule has 1 atom stereocenters. The molecule has 0 bridgehead atoms. The summed E-state index contributed by atoms with van der Waals surface area (Å²) >= 11 is 1.38. The lowest BCUT2D eigenvalue weighted by Gasteiger charge is -2.13. The Kier molecular flexibility index (Phi) is 7.51. The normalized spacial score (nSPS) is 11.3. The number of carbonyl (C=O) groups is 3. The van der Waals surface area contributed by atoms with Crippen LogP contribution in [0.15, 0.2) is 77.7 Å². The highest BCUT2D eigenvalue weighted by atomic mass is 32.2. The van der Waals surface area contributed by atoms with E-state index in [4.69, 9.17) is 4.74 Å². The van der Waals surface area contributed by atoms with Crippen LogP contribution in [0.3, 0.4) is 0 Å². The average Bonchev–Trinajstić information content (AvgIpc) is 2.80. The highest BCUT2D eigenvalue weighted by Gasteiger charge is 2.17. The van der Waals surface area contributed by atoms with Gasteiger partial charge in [0.1, 0.15) is 5.75 Å². The first-order valence-electron chi connectivity index (χ1n) is 9.72. The van der Waals surface area contributed by atoms with Gasteiger partial charge in [-0.15, -0.1) is 11.8 Å². The number of methoxy groups -OCH3 is 1.